The third kappa shape index (κ3) is 4.95. The minimum Gasteiger partial charge on any atom is -0.493 e. The maximum Gasteiger partial charge on any atom is 0.411 e. The summed E-state index contributed by atoms with van der Waals surface area (Å²) >= 11 is 0. The monoisotopic (exact) mass is 394 g/mol. The summed E-state index contributed by atoms with van der Waals surface area (Å²) in [7, 11) is 3.15. The molecule has 7 heteroatoms. The molecule has 0 bridgehead atoms. The first kappa shape index (κ1) is 20.0. The van der Waals surface area contributed by atoms with Gasteiger partial charge in [-0.25, -0.2) is 4.79 Å². The molecule has 29 heavy (non-hydrogen) atoms. The van der Waals surface area contributed by atoms with Crippen molar-refractivity contribution in [2.45, 2.75) is 6.92 Å². The maximum absolute atomic E-state index is 11.7. The Morgan fingerprint density at radius 3 is 2.38 bits per heavy atom. The molecule has 0 fully saturated rings. The van der Waals surface area contributed by atoms with Crippen LogP contribution in [0.1, 0.15) is 6.92 Å². The molecule has 1 amide bonds. The Labute approximate surface area is 168 Å². The van der Waals surface area contributed by atoms with Gasteiger partial charge in [-0.2, -0.15) is 0 Å². The average Bonchev–Trinajstić information content (AvgIpc) is 2.73. The van der Waals surface area contributed by atoms with E-state index in [1.807, 2.05) is 6.07 Å². The largest absolute Gasteiger partial charge is 0.493 e. The molecule has 1 N–H and O–H groups in total. The molecular formula is C22H22N2O5. The summed E-state index contributed by atoms with van der Waals surface area (Å²) in [5.74, 6) is 2.41. The van der Waals surface area contributed by atoms with E-state index >= 15 is 0 Å². The van der Waals surface area contributed by atoms with Crippen molar-refractivity contribution in [3.05, 3.63) is 60.8 Å². The summed E-state index contributed by atoms with van der Waals surface area (Å²) in [6.07, 6.45) is 1.12. The fourth-order valence-corrected chi connectivity index (χ4v) is 2.61. The Bertz CT molecular complexity index is 1030. The van der Waals surface area contributed by atoms with Crippen LogP contribution in [0.5, 0.6) is 23.0 Å². The average molecular weight is 394 g/mol. The van der Waals surface area contributed by atoms with Crippen molar-refractivity contribution in [2.24, 2.45) is 0 Å². The van der Waals surface area contributed by atoms with E-state index in [1.165, 1.54) is 0 Å². The molecule has 0 aliphatic heterocycles. The van der Waals surface area contributed by atoms with Crippen LogP contribution in [0.2, 0.25) is 0 Å². The SMILES string of the molecule is C=C(C)COC(=O)Nc1ccc(Oc2ccnc3cc(OC)c(OC)cc23)cc1. The second kappa shape index (κ2) is 8.97. The van der Waals surface area contributed by atoms with Crippen LogP contribution in [0.3, 0.4) is 0 Å². The van der Waals surface area contributed by atoms with Gasteiger partial charge in [-0.15, -0.1) is 0 Å². The van der Waals surface area contributed by atoms with Crippen LogP contribution in [-0.2, 0) is 4.74 Å². The van der Waals surface area contributed by atoms with Crippen molar-refractivity contribution >= 4 is 22.7 Å². The Hall–Kier alpha value is -3.74. The predicted octanol–water partition coefficient (Wildman–Crippen LogP) is 5.17. The fraction of sp³-hybridized carbons (Fsp3) is 0.182. The van der Waals surface area contributed by atoms with Gasteiger partial charge in [0.05, 0.1) is 19.7 Å². The van der Waals surface area contributed by atoms with E-state index in [9.17, 15) is 4.79 Å². The maximum atomic E-state index is 11.7. The lowest BCUT2D eigenvalue weighted by Crippen LogP contribution is -2.14. The second-order valence-corrected chi connectivity index (χ2v) is 6.32. The Kier molecular flexibility index (Phi) is 6.19. The van der Waals surface area contributed by atoms with Crippen LogP contribution in [0.4, 0.5) is 10.5 Å². The highest BCUT2D eigenvalue weighted by Gasteiger charge is 2.11. The van der Waals surface area contributed by atoms with Crippen molar-refractivity contribution in [1.82, 2.24) is 4.98 Å². The number of hydrogen-bond acceptors (Lipinski definition) is 6. The first-order valence-corrected chi connectivity index (χ1v) is 8.87. The zero-order valence-electron chi connectivity index (χ0n) is 16.5. The number of ether oxygens (including phenoxy) is 4. The van der Waals surface area contributed by atoms with Gasteiger partial charge < -0.3 is 18.9 Å². The van der Waals surface area contributed by atoms with Crippen molar-refractivity contribution in [2.75, 3.05) is 26.1 Å². The summed E-state index contributed by atoms with van der Waals surface area (Å²) in [5, 5.41) is 3.44. The molecule has 0 aliphatic rings. The van der Waals surface area contributed by atoms with Crippen molar-refractivity contribution < 1.29 is 23.7 Å². The van der Waals surface area contributed by atoms with E-state index < -0.39 is 6.09 Å². The van der Waals surface area contributed by atoms with Crippen molar-refractivity contribution in [1.29, 1.82) is 0 Å². The molecule has 3 aromatic rings. The lowest BCUT2D eigenvalue weighted by atomic mass is 10.2. The standard InChI is InChI=1S/C22H22N2O5/c1-14(2)13-28-22(25)24-15-5-7-16(8-6-15)29-19-9-10-23-18-12-21(27-4)20(26-3)11-17(18)19/h5-12H,1,13H2,2-4H3,(H,24,25). The summed E-state index contributed by atoms with van der Waals surface area (Å²) in [6, 6.07) is 12.3. The third-order valence-electron chi connectivity index (χ3n) is 3.99. The summed E-state index contributed by atoms with van der Waals surface area (Å²) in [5.41, 5.74) is 2.08. The van der Waals surface area contributed by atoms with Gasteiger partial charge in [0, 0.05) is 23.3 Å². The number of carbonyl (C=O) groups excluding carboxylic acids is 1. The highest BCUT2D eigenvalue weighted by atomic mass is 16.5. The Balaban J connectivity index is 1.77. The molecule has 7 nitrogen and oxygen atoms in total. The number of pyridine rings is 1. The number of anilines is 1. The van der Waals surface area contributed by atoms with Gasteiger partial charge in [0.15, 0.2) is 11.5 Å². The second-order valence-electron chi connectivity index (χ2n) is 6.32. The lowest BCUT2D eigenvalue weighted by Gasteiger charge is -2.12. The summed E-state index contributed by atoms with van der Waals surface area (Å²) < 4.78 is 21.7. The van der Waals surface area contributed by atoms with E-state index in [4.69, 9.17) is 18.9 Å². The van der Waals surface area contributed by atoms with Crippen LogP contribution < -0.4 is 19.5 Å². The third-order valence-corrected chi connectivity index (χ3v) is 3.99. The van der Waals surface area contributed by atoms with Gasteiger partial charge in [-0.3, -0.25) is 10.3 Å². The van der Waals surface area contributed by atoms with Crippen LogP contribution in [0, 0.1) is 0 Å². The highest BCUT2D eigenvalue weighted by molar-refractivity contribution is 5.88. The van der Waals surface area contributed by atoms with Gasteiger partial charge in [-0.05, 0) is 48.9 Å². The number of aromatic nitrogens is 1. The molecule has 2 aromatic carbocycles. The minimum atomic E-state index is -0.539. The number of rotatable bonds is 7. The number of benzene rings is 2. The summed E-state index contributed by atoms with van der Waals surface area (Å²) in [4.78, 5) is 16.1. The number of nitrogens with one attached hydrogen (secondary N) is 1. The molecule has 3 rings (SSSR count). The number of hydrogen-bond donors (Lipinski definition) is 1. The quantitative estimate of drug-likeness (QED) is 0.557. The molecule has 150 valence electrons. The van der Waals surface area contributed by atoms with Crippen LogP contribution >= 0.6 is 0 Å². The highest BCUT2D eigenvalue weighted by Crippen LogP contribution is 2.36. The molecule has 0 radical (unpaired) electrons. The fourth-order valence-electron chi connectivity index (χ4n) is 2.61. The van der Waals surface area contributed by atoms with Crippen LogP contribution in [-0.4, -0.2) is 31.9 Å². The molecule has 0 unspecified atom stereocenters. The topological polar surface area (TPSA) is 78.9 Å². The van der Waals surface area contributed by atoms with Gasteiger partial charge >= 0.3 is 6.09 Å². The van der Waals surface area contributed by atoms with E-state index in [0.29, 0.717) is 28.7 Å². The molecule has 0 atom stereocenters. The van der Waals surface area contributed by atoms with Gasteiger partial charge in [0.25, 0.3) is 0 Å². The van der Waals surface area contributed by atoms with Gasteiger partial charge in [0.1, 0.15) is 18.1 Å². The van der Waals surface area contributed by atoms with E-state index in [-0.39, 0.29) is 6.61 Å². The lowest BCUT2D eigenvalue weighted by molar-refractivity contribution is 0.171. The van der Waals surface area contributed by atoms with E-state index in [1.54, 1.807) is 63.7 Å². The first-order chi connectivity index (χ1) is 14.0. The molecular weight excluding hydrogens is 372 g/mol. The molecule has 0 saturated heterocycles. The van der Waals surface area contributed by atoms with E-state index in [0.717, 1.165) is 16.5 Å². The van der Waals surface area contributed by atoms with Crippen LogP contribution in [0.15, 0.2) is 60.8 Å². The predicted molar refractivity (Wildman–Crippen MR) is 111 cm³/mol. The number of nitrogens with zero attached hydrogens (tertiary/aromatic N) is 1. The first-order valence-electron chi connectivity index (χ1n) is 8.87. The zero-order valence-corrected chi connectivity index (χ0v) is 16.5. The van der Waals surface area contributed by atoms with Crippen molar-refractivity contribution in [3.63, 3.8) is 0 Å². The molecule has 0 saturated carbocycles. The van der Waals surface area contributed by atoms with Crippen LogP contribution in [0.25, 0.3) is 10.9 Å². The van der Waals surface area contributed by atoms with Gasteiger partial charge in [-0.1, -0.05) is 6.58 Å². The molecule has 1 heterocycles. The minimum absolute atomic E-state index is 0.177. The molecule has 0 aliphatic carbocycles. The zero-order chi connectivity index (χ0) is 20.8. The van der Waals surface area contributed by atoms with E-state index in [2.05, 4.69) is 16.9 Å². The van der Waals surface area contributed by atoms with Gasteiger partial charge in [0.2, 0.25) is 0 Å². The number of amides is 1. The number of carbonyl (C=O) groups is 1. The molecule has 0 spiro atoms. The number of fused-ring (bicyclic) bond motifs is 1. The van der Waals surface area contributed by atoms with Crippen molar-refractivity contribution in [3.8, 4) is 23.0 Å². The Morgan fingerprint density at radius 2 is 1.72 bits per heavy atom. The normalized spacial score (nSPS) is 10.3. The summed E-state index contributed by atoms with van der Waals surface area (Å²) in [6.45, 7) is 5.65. The number of methoxy groups -OCH3 is 2. The molecule has 1 aromatic heterocycles. The Morgan fingerprint density at radius 1 is 1.03 bits per heavy atom. The smallest absolute Gasteiger partial charge is 0.411 e.